The Labute approximate surface area is 116 Å². The average Bonchev–Trinajstić information content (AvgIpc) is 2.42. The third-order valence-corrected chi connectivity index (χ3v) is 2.55. The number of hydrogen-bond donors (Lipinski definition) is 2. The molecule has 0 amide bonds. The number of carbonyl (C=O) groups excluding carboxylic acids is 1. The number of carbonyl (C=O) groups is 2. The van der Waals surface area contributed by atoms with Crippen LogP contribution in [0.5, 0.6) is 5.75 Å². The van der Waals surface area contributed by atoms with Crippen LogP contribution in [0.2, 0.25) is 0 Å². The summed E-state index contributed by atoms with van der Waals surface area (Å²) in [7, 11) is 1.30. The number of carboxylic acid groups (broad SMARTS) is 1. The van der Waals surface area contributed by atoms with Crippen molar-refractivity contribution in [2.75, 3.05) is 13.7 Å². The Balaban J connectivity index is 2.84. The van der Waals surface area contributed by atoms with Gasteiger partial charge in [-0.2, -0.15) is 8.78 Å². The molecule has 0 saturated carbocycles. The van der Waals surface area contributed by atoms with E-state index in [0.29, 0.717) is 0 Å². The van der Waals surface area contributed by atoms with Crippen molar-refractivity contribution >= 4 is 11.8 Å². The molecule has 2 N–H and O–H groups in total. The number of likely N-dealkylation sites (N-methyl/N-ethyl adjacent to an activating group) is 1. The van der Waals surface area contributed by atoms with Crippen LogP contribution < -0.4 is 10.1 Å². The molecule has 0 aliphatic carbocycles. The van der Waals surface area contributed by atoms with Crippen LogP contribution in [0.3, 0.4) is 0 Å². The van der Waals surface area contributed by atoms with Gasteiger partial charge in [-0.05, 0) is 7.05 Å². The lowest BCUT2D eigenvalue weighted by atomic mass is 10.1. The van der Waals surface area contributed by atoms with Crippen molar-refractivity contribution in [1.29, 1.82) is 0 Å². The maximum absolute atomic E-state index is 13.3. The van der Waals surface area contributed by atoms with Gasteiger partial charge in [-0.25, -0.2) is 8.78 Å². The largest absolute Gasteiger partial charge is 0.481 e. The second-order valence-electron chi connectivity index (χ2n) is 3.99. The Hall–Kier alpha value is -2.16. The van der Waals surface area contributed by atoms with E-state index < -0.39 is 59.8 Å². The lowest BCUT2D eigenvalue weighted by Gasteiger charge is -2.14. The number of nitrogens with one attached hydrogen (secondary N) is 1. The molecule has 0 bridgehead atoms. The maximum Gasteiger partial charge on any atom is 0.305 e. The van der Waals surface area contributed by atoms with Crippen LogP contribution in [0.4, 0.5) is 17.6 Å². The van der Waals surface area contributed by atoms with E-state index in [1.165, 1.54) is 7.05 Å². The van der Waals surface area contributed by atoms with E-state index in [-0.39, 0.29) is 6.07 Å². The molecule has 9 heteroatoms. The molecule has 0 radical (unpaired) electrons. The first-order valence-electron chi connectivity index (χ1n) is 5.65. The van der Waals surface area contributed by atoms with E-state index in [0.717, 1.165) is 0 Å². The highest BCUT2D eigenvalue weighted by molar-refractivity contribution is 5.89. The maximum atomic E-state index is 13.3. The minimum atomic E-state index is -1.78. The van der Waals surface area contributed by atoms with Crippen molar-refractivity contribution in [3.63, 3.8) is 0 Å². The third-order valence-electron chi connectivity index (χ3n) is 2.55. The smallest absolute Gasteiger partial charge is 0.305 e. The number of halogens is 4. The van der Waals surface area contributed by atoms with Crippen molar-refractivity contribution in [3.05, 3.63) is 29.3 Å². The summed E-state index contributed by atoms with van der Waals surface area (Å²) in [5.74, 6) is -10.4. The molecule has 0 saturated heterocycles. The van der Waals surface area contributed by atoms with Crippen LogP contribution in [0, 0.1) is 23.3 Å². The lowest BCUT2D eigenvalue weighted by Crippen LogP contribution is -2.39. The predicted molar refractivity (Wildman–Crippen MR) is 61.9 cm³/mol. The standard InChI is InChI=1S/C12H11F4NO4/c1-17-7(3-9(19)20)8(18)4-21-12-10(15)5(13)2-6(14)11(12)16/h2,7,17H,3-4H2,1H3,(H,19,20)/t7-/m0/s1. The van der Waals surface area contributed by atoms with Gasteiger partial charge in [0.1, 0.15) is 6.61 Å². The van der Waals surface area contributed by atoms with Crippen molar-refractivity contribution in [2.45, 2.75) is 12.5 Å². The van der Waals surface area contributed by atoms with E-state index in [4.69, 9.17) is 5.11 Å². The van der Waals surface area contributed by atoms with Gasteiger partial charge in [-0.1, -0.05) is 0 Å². The molecule has 21 heavy (non-hydrogen) atoms. The Bertz CT molecular complexity index is 538. The molecule has 1 rings (SSSR count). The van der Waals surface area contributed by atoms with Crippen LogP contribution in [-0.4, -0.2) is 36.6 Å². The number of hydrogen-bond acceptors (Lipinski definition) is 4. The van der Waals surface area contributed by atoms with E-state index in [9.17, 15) is 27.2 Å². The number of ketones is 1. The van der Waals surface area contributed by atoms with Gasteiger partial charge in [-0.3, -0.25) is 9.59 Å². The highest BCUT2D eigenvalue weighted by Crippen LogP contribution is 2.26. The average molecular weight is 309 g/mol. The summed E-state index contributed by atoms with van der Waals surface area (Å²) in [5.41, 5.74) is 0. The molecule has 0 unspecified atom stereocenters. The minimum Gasteiger partial charge on any atom is -0.481 e. The third kappa shape index (κ3) is 4.15. The highest BCUT2D eigenvalue weighted by atomic mass is 19.2. The predicted octanol–water partition coefficient (Wildman–Crippen LogP) is 1.25. The molecule has 1 aromatic rings. The van der Waals surface area contributed by atoms with E-state index in [1.54, 1.807) is 0 Å². The van der Waals surface area contributed by atoms with Crippen LogP contribution in [0.25, 0.3) is 0 Å². The van der Waals surface area contributed by atoms with Crippen LogP contribution in [0.15, 0.2) is 6.07 Å². The Morgan fingerprint density at radius 3 is 2.19 bits per heavy atom. The molecule has 0 aliphatic rings. The van der Waals surface area contributed by atoms with Gasteiger partial charge in [0.15, 0.2) is 23.2 Å². The zero-order valence-electron chi connectivity index (χ0n) is 10.8. The summed E-state index contributed by atoms with van der Waals surface area (Å²) in [6.07, 6.45) is -0.582. The Morgan fingerprint density at radius 1 is 1.24 bits per heavy atom. The van der Waals surface area contributed by atoms with Crippen LogP contribution >= 0.6 is 0 Å². The van der Waals surface area contributed by atoms with E-state index in [1.807, 2.05) is 0 Å². The number of aliphatic carboxylic acids is 1. The highest BCUT2D eigenvalue weighted by Gasteiger charge is 2.24. The fourth-order valence-corrected chi connectivity index (χ4v) is 1.47. The molecule has 1 aromatic carbocycles. The fraction of sp³-hybridized carbons (Fsp3) is 0.333. The van der Waals surface area contributed by atoms with Crippen molar-refractivity contribution in [2.24, 2.45) is 0 Å². The van der Waals surface area contributed by atoms with Gasteiger partial charge in [0.05, 0.1) is 12.5 Å². The quantitative estimate of drug-likeness (QED) is 0.586. The minimum absolute atomic E-state index is 0.000177. The first-order chi connectivity index (χ1) is 9.77. The second kappa shape index (κ2) is 7.02. The molecule has 0 aliphatic heterocycles. The Kier molecular flexibility index (Phi) is 5.65. The summed E-state index contributed by atoms with van der Waals surface area (Å²) >= 11 is 0. The van der Waals surface area contributed by atoms with Crippen molar-refractivity contribution < 1.29 is 37.0 Å². The first-order valence-corrected chi connectivity index (χ1v) is 5.65. The van der Waals surface area contributed by atoms with Crippen LogP contribution in [0.1, 0.15) is 6.42 Å². The van der Waals surface area contributed by atoms with Gasteiger partial charge >= 0.3 is 5.97 Å². The molecule has 0 fully saturated rings. The number of ether oxygens (including phenoxy) is 1. The molecule has 116 valence electrons. The van der Waals surface area contributed by atoms with Gasteiger partial charge in [0, 0.05) is 6.07 Å². The molecule has 0 aromatic heterocycles. The van der Waals surface area contributed by atoms with E-state index >= 15 is 0 Å². The molecular formula is C12H11F4NO4. The second-order valence-corrected chi connectivity index (χ2v) is 3.99. The first kappa shape index (κ1) is 16.9. The zero-order chi connectivity index (χ0) is 16.2. The van der Waals surface area contributed by atoms with Gasteiger partial charge in [0.2, 0.25) is 11.6 Å². The topological polar surface area (TPSA) is 75.6 Å². The lowest BCUT2D eigenvalue weighted by molar-refractivity contribution is -0.139. The summed E-state index contributed by atoms with van der Waals surface area (Å²) < 4.78 is 56.8. The number of Topliss-reactive ketones (excluding diaryl/α,β-unsaturated/α-hetero) is 1. The van der Waals surface area contributed by atoms with Gasteiger partial charge < -0.3 is 15.2 Å². The van der Waals surface area contributed by atoms with Crippen molar-refractivity contribution in [3.8, 4) is 5.75 Å². The Morgan fingerprint density at radius 2 is 1.76 bits per heavy atom. The molecular weight excluding hydrogens is 298 g/mol. The summed E-state index contributed by atoms with van der Waals surface area (Å²) in [5, 5.41) is 10.9. The summed E-state index contributed by atoms with van der Waals surface area (Å²) in [6.45, 7) is -0.949. The molecule has 1 atom stereocenters. The molecule has 0 spiro atoms. The molecule has 0 heterocycles. The molecule has 5 nitrogen and oxygen atoms in total. The van der Waals surface area contributed by atoms with Crippen LogP contribution in [-0.2, 0) is 9.59 Å². The summed E-state index contributed by atoms with van der Waals surface area (Å²) in [4.78, 5) is 22.1. The number of rotatable bonds is 7. The fourth-order valence-electron chi connectivity index (χ4n) is 1.47. The monoisotopic (exact) mass is 309 g/mol. The van der Waals surface area contributed by atoms with Gasteiger partial charge in [0.25, 0.3) is 0 Å². The van der Waals surface area contributed by atoms with E-state index in [2.05, 4.69) is 10.1 Å². The van der Waals surface area contributed by atoms with Crippen molar-refractivity contribution in [1.82, 2.24) is 5.32 Å². The summed E-state index contributed by atoms with van der Waals surface area (Å²) in [6, 6.07) is -1.16. The number of benzene rings is 1. The SMILES string of the molecule is CN[C@@H](CC(=O)O)C(=O)COc1c(F)c(F)cc(F)c1F. The van der Waals surface area contributed by atoms with Gasteiger partial charge in [-0.15, -0.1) is 0 Å². The normalized spacial score (nSPS) is 12.0. The number of carboxylic acids is 1. The zero-order valence-corrected chi connectivity index (χ0v) is 10.8.